The van der Waals surface area contributed by atoms with Crippen molar-refractivity contribution in [3.8, 4) is 5.75 Å². The van der Waals surface area contributed by atoms with Gasteiger partial charge in [0.15, 0.2) is 0 Å². The number of furan rings is 1. The summed E-state index contributed by atoms with van der Waals surface area (Å²) in [7, 11) is -4.30. The Bertz CT molecular complexity index is 1750. The highest BCUT2D eigenvalue weighted by Crippen LogP contribution is 2.31. The van der Waals surface area contributed by atoms with Gasteiger partial charge in [-0.25, -0.2) is 13.2 Å². The first-order valence-electron chi connectivity index (χ1n) is 12.0. The maximum Gasteiger partial charge on any atom is 0.335 e. The molecule has 2 N–H and O–H groups in total. The second kappa shape index (κ2) is 11.1. The van der Waals surface area contributed by atoms with Gasteiger partial charge in [-0.15, -0.1) is 0 Å². The number of sulfonamides is 1. The lowest BCUT2D eigenvalue weighted by Crippen LogP contribution is -2.39. The molecule has 1 aromatic heterocycles. The Morgan fingerprint density at radius 2 is 1.64 bits per heavy atom. The number of ether oxygens (including phenoxy) is 1. The number of halogens is 1. The number of fused-ring (bicyclic) bond motifs is 3. The summed E-state index contributed by atoms with van der Waals surface area (Å²) >= 11 is 6.20. The molecule has 200 valence electrons. The van der Waals surface area contributed by atoms with Crippen molar-refractivity contribution in [2.24, 2.45) is 0 Å². The van der Waals surface area contributed by atoms with Gasteiger partial charge in [-0.1, -0.05) is 60.1 Å². The normalized spacial score (nSPS) is 12.7. The van der Waals surface area contributed by atoms with Crippen molar-refractivity contribution in [1.29, 1.82) is 0 Å². The zero-order valence-electron chi connectivity index (χ0n) is 20.5. The van der Waals surface area contributed by atoms with E-state index in [4.69, 9.17) is 20.8 Å². The highest BCUT2D eigenvalue weighted by molar-refractivity contribution is 7.89. The number of rotatable bonds is 10. The number of carboxylic acids is 1. The van der Waals surface area contributed by atoms with E-state index in [1.54, 1.807) is 42.5 Å². The molecule has 8 nitrogen and oxygen atoms in total. The lowest BCUT2D eigenvalue weighted by molar-refractivity contribution is 0.0696. The summed E-state index contributed by atoms with van der Waals surface area (Å²) in [6.07, 6.45) is -1.21. The van der Waals surface area contributed by atoms with Crippen LogP contribution in [0.25, 0.3) is 21.9 Å². The van der Waals surface area contributed by atoms with E-state index in [2.05, 4.69) is 0 Å². The van der Waals surface area contributed by atoms with Gasteiger partial charge < -0.3 is 19.4 Å². The van der Waals surface area contributed by atoms with E-state index >= 15 is 0 Å². The summed E-state index contributed by atoms with van der Waals surface area (Å²) in [6.45, 7) is -0.576. The third-order valence-electron chi connectivity index (χ3n) is 6.20. The number of benzene rings is 4. The maximum absolute atomic E-state index is 13.7. The summed E-state index contributed by atoms with van der Waals surface area (Å²) in [5.41, 5.74) is 1.91. The molecule has 10 heteroatoms. The van der Waals surface area contributed by atoms with Gasteiger partial charge in [-0.05, 0) is 48.0 Å². The Kier molecular flexibility index (Phi) is 7.58. The molecule has 39 heavy (non-hydrogen) atoms. The number of carboxylic acid groups (broad SMARTS) is 1. The first kappa shape index (κ1) is 26.7. The summed E-state index contributed by atoms with van der Waals surface area (Å²) in [5, 5.41) is 21.9. The van der Waals surface area contributed by atoms with E-state index in [0.29, 0.717) is 16.9 Å². The number of hydrogen-bond donors (Lipinski definition) is 2. The number of aliphatic hydroxyl groups is 1. The van der Waals surface area contributed by atoms with Crippen LogP contribution >= 0.6 is 11.6 Å². The fourth-order valence-electron chi connectivity index (χ4n) is 4.28. The largest absolute Gasteiger partial charge is 0.491 e. The minimum Gasteiger partial charge on any atom is -0.491 e. The van der Waals surface area contributed by atoms with E-state index in [9.17, 15) is 23.4 Å². The van der Waals surface area contributed by atoms with E-state index in [1.807, 2.05) is 30.3 Å². The van der Waals surface area contributed by atoms with Crippen molar-refractivity contribution < 1.29 is 32.6 Å². The number of para-hydroxylation sites is 1. The molecule has 0 saturated heterocycles. The van der Waals surface area contributed by atoms with Crippen LogP contribution in [0.2, 0.25) is 5.02 Å². The molecule has 4 aromatic carbocycles. The smallest absolute Gasteiger partial charge is 0.335 e. The summed E-state index contributed by atoms with van der Waals surface area (Å²) < 4.78 is 40.1. The number of carbonyl (C=O) groups is 1. The number of aromatic carboxylic acids is 1. The number of nitrogens with zero attached hydrogens (tertiary/aromatic N) is 1. The fraction of sp³-hybridized carbons (Fsp3) is 0.138. The highest BCUT2D eigenvalue weighted by atomic mass is 35.5. The van der Waals surface area contributed by atoms with Gasteiger partial charge in [-0.2, -0.15) is 4.31 Å². The van der Waals surface area contributed by atoms with Gasteiger partial charge in [0.1, 0.15) is 34.5 Å². The molecule has 0 radical (unpaired) electrons. The average molecular weight is 566 g/mol. The zero-order valence-corrected chi connectivity index (χ0v) is 22.1. The van der Waals surface area contributed by atoms with Crippen LogP contribution in [0.3, 0.4) is 0 Å². The Balaban J connectivity index is 1.38. The first-order chi connectivity index (χ1) is 18.7. The first-order valence-corrected chi connectivity index (χ1v) is 13.8. The topological polar surface area (TPSA) is 117 Å². The van der Waals surface area contributed by atoms with Crippen molar-refractivity contribution in [3.63, 3.8) is 0 Å². The van der Waals surface area contributed by atoms with Gasteiger partial charge in [0.05, 0.1) is 10.6 Å². The minimum atomic E-state index is -4.30. The molecule has 0 fully saturated rings. The lowest BCUT2D eigenvalue weighted by Gasteiger charge is -2.25. The van der Waals surface area contributed by atoms with Crippen LogP contribution in [-0.2, 0) is 16.6 Å². The molecule has 0 amide bonds. The van der Waals surface area contributed by atoms with Crippen LogP contribution in [0, 0.1) is 0 Å². The molecule has 5 aromatic rings. The number of aliphatic hydroxyl groups excluding tert-OH is 1. The molecule has 0 aliphatic heterocycles. The SMILES string of the molecule is O=C(O)c1ccc(Cl)c(S(=O)(=O)N(Cc2ccccc2)CC(O)COc2ccc3oc4ccccc4c3c2)c1. The van der Waals surface area contributed by atoms with E-state index in [0.717, 1.165) is 26.7 Å². The lowest BCUT2D eigenvalue weighted by atomic mass is 10.1. The molecule has 0 bridgehead atoms. The molecule has 5 rings (SSSR count). The predicted molar refractivity (Wildman–Crippen MR) is 148 cm³/mol. The van der Waals surface area contributed by atoms with Crippen molar-refractivity contribution in [3.05, 3.63) is 107 Å². The van der Waals surface area contributed by atoms with Crippen LogP contribution < -0.4 is 4.74 Å². The second-order valence-corrected chi connectivity index (χ2v) is 11.3. The molecule has 0 aliphatic rings. The van der Waals surface area contributed by atoms with Crippen LogP contribution in [0.1, 0.15) is 15.9 Å². The molecule has 0 spiro atoms. The Morgan fingerprint density at radius 1 is 0.923 bits per heavy atom. The van der Waals surface area contributed by atoms with Crippen molar-refractivity contribution >= 4 is 49.5 Å². The summed E-state index contributed by atoms with van der Waals surface area (Å²) in [6, 6.07) is 25.3. The standard InChI is InChI=1S/C29H24ClNO7S/c30-25-12-10-20(29(33)34)14-28(25)39(35,36)31(16-19-6-2-1-3-7-19)17-21(32)18-37-22-11-13-27-24(15-22)23-8-4-5-9-26(23)38-27/h1-15,21,32H,16-18H2,(H,33,34). The second-order valence-electron chi connectivity index (χ2n) is 8.95. The van der Waals surface area contributed by atoms with Gasteiger partial charge >= 0.3 is 5.97 Å². The van der Waals surface area contributed by atoms with Crippen molar-refractivity contribution in [2.75, 3.05) is 13.2 Å². The van der Waals surface area contributed by atoms with Crippen molar-refractivity contribution in [1.82, 2.24) is 4.31 Å². The predicted octanol–water partition coefficient (Wildman–Crippen LogP) is 5.57. The van der Waals surface area contributed by atoms with Gasteiger partial charge in [0.25, 0.3) is 0 Å². The van der Waals surface area contributed by atoms with Crippen LogP contribution in [0.4, 0.5) is 0 Å². The Labute approximate surface area is 229 Å². The monoisotopic (exact) mass is 565 g/mol. The van der Waals surface area contributed by atoms with Crippen molar-refractivity contribution in [2.45, 2.75) is 17.5 Å². The summed E-state index contributed by atoms with van der Waals surface area (Å²) in [4.78, 5) is 11.1. The molecule has 0 aliphatic carbocycles. The van der Waals surface area contributed by atoms with Crippen LogP contribution in [-0.4, -0.2) is 48.2 Å². The van der Waals surface area contributed by atoms with Gasteiger partial charge in [0.2, 0.25) is 10.0 Å². The zero-order chi connectivity index (χ0) is 27.6. The molecular formula is C29H24ClNO7S. The Hall–Kier alpha value is -3.89. The van der Waals surface area contributed by atoms with E-state index in [-0.39, 0.29) is 35.2 Å². The number of hydrogen-bond acceptors (Lipinski definition) is 6. The maximum atomic E-state index is 13.7. The molecule has 1 unspecified atom stereocenters. The average Bonchev–Trinajstić information content (AvgIpc) is 3.30. The highest BCUT2D eigenvalue weighted by Gasteiger charge is 2.30. The quantitative estimate of drug-likeness (QED) is 0.227. The van der Waals surface area contributed by atoms with Gasteiger partial charge in [0, 0.05) is 23.9 Å². The third kappa shape index (κ3) is 5.76. The van der Waals surface area contributed by atoms with E-state index in [1.165, 1.54) is 12.1 Å². The van der Waals surface area contributed by atoms with Crippen LogP contribution in [0.15, 0.2) is 100 Å². The third-order valence-corrected chi connectivity index (χ3v) is 8.50. The molecule has 0 saturated carbocycles. The Morgan fingerprint density at radius 3 is 2.41 bits per heavy atom. The minimum absolute atomic E-state index is 0.0686. The van der Waals surface area contributed by atoms with Gasteiger partial charge in [-0.3, -0.25) is 0 Å². The fourth-order valence-corrected chi connectivity index (χ4v) is 6.25. The summed E-state index contributed by atoms with van der Waals surface area (Å²) in [5.74, 6) is -0.795. The molecular weight excluding hydrogens is 542 g/mol. The molecule has 1 heterocycles. The van der Waals surface area contributed by atoms with E-state index < -0.39 is 22.1 Å². The molecule has 1 atom stereocenters. The van der Waals surface area contributed by atoms with Crippen LogP contribution in [0.5, 0.6) is 5.75 Å².